The molecule has 1 amide bonds. The van der Waals surface area contributed by atoms with Crippen LogP contribution < -0.4 is 14.2 Å². The topological polar surface area (TPSA) is 48.0 Å². The molecule has 0 saturated carbocycles. The number of nitrogens with zero attached hydrogens (tertiary/aromatic N) is 1. The van der Waals surface area contributed by atoms with E-state index < -0.39 is 0 Å². The molecule has 0 aliphatic rings. The van der Waals surface area contributed by atoms with E-state index in [4.69, 9.17) is 14.2 Å². The molecule has 6 heteroatoms. The molecule has 2 aromatic rings. The van der Waals surface area contributed by atoms with Crippen LogP contribution in [0.1, 0.15) is 15.9 Å². The Labute approximate surface area is 150 Å². The molecular weight excluding hydrogens is 374 g/mol. The number of methoxy groups -OCH3 is 3. The van der Waals surface area contributed by atoms with Gasteiger partial charge in [0.15, 0.2) is 11.5 Å². The van der Waals surface area contributed by atoms with E-state index in [0.29, 0.717) is 29.4 Å². The zero-order valence-corrected chi connectivity index (χ0v) is 15.7. The SMILES string of the molecule is COc1ccc(C(=O)N(C)Cc2cccc(OC)c2OC)cc1Br. The molecule has 0 aliphatic heterocycles. The van der Waals surface area contributed by atoms with E-state index in [1.807, 2.05) is 18.2 Å². The predicted octanol–water partition coefficient (Wildman–Crippen LogP) is 3.75. The van der Waals surface area contributed by atoms with Crippen LogP contribution in [-0.2, 0) is 6.54 Å². The fraction of sp³-hybridized carbons (Fsp3) is 0.278. The summed E-state index contributed by atoms with van der Waals surface area (Å²) in [6, 6.07) is 10.9. The van der Waals surface area contributed by atoms with Crippen LogP contribution in [0.25, 0.3) is 0 Å². The maximum absolute atomic E-state index is 12.6. The molecular formula is C18H20BrNO4. The van der Waals surface area contributed by atoms with Crippen LogP contribution in [0.4, 0.5) is 0 Å². The summed E-state index contributed by atoms with van der Waals surface area (Å²) in [6.45, 7) is 0.406. The van der Waals surface area contributed by atoms with Crippen molar-refractivity contribution in [3.63, 3.8) is 0 Å². The van der Waals surface area contributed by atoms with E-state index in [0.717, 1.165) is 10.0 Å². The Bertz CT molecular complexity index is 733. The second-order valence-corrected chi connectivity index (χ2v) is 6.02. The maximum Gasteiger partial charge on any atom is 0.253 e. The third kappa shape index (κ3) is 3.82. The fourth-order valence-electron chi connectivity index (χ4n) is 2.43. The van der Waals surface area contributed by atoms with E-state index in [1.54, 1.807) is 51.5 Å². The van der Waals surface area contributed by atoms with Gasteiger partial charge in [-0.15, -0.1) is 0 Å². The van der Waals surface area contributed by atoms with Gasteiger partial charge < -0.3 is 19.1 Å². The minimum Gasteiger partial charge on any atom is -0.496 e. The predicted molar refractivity (Wildman–Crippen MR) is 96.0 cm³/mol. The Morgan fingerprint density at radius 3 is 2.33 bits per heavy atom. The summed E-state index contributed by atoms with van der Waals surface area (Å²) in [4.78, 5) is 14.3. The number of hydrogen-bond donors (Lipinski definition) is 0. The first-order valence-corrected chi connectivity index (χ1v) is 8.10. The number of halogens is 1. The van der Waals surface area contributed by atoms with Gasteiger partial charge >= 0.3 is 0 Å². The Kier molecular flexibility index (Phi) is 6.09. The zero-order chi connectivity index (χ0) is 17.7. The highest BCUT2D eigenvalue weighted by atomic mass is 79.9. The lowest BCUT2D eigenvalue weighted by molar-refractivity contribution is 0.0784. The van der Waals surface area contributed by atoms with Crippen molar-refractivity contribution in [1.82, 2.24) is 4.90 Å². The van der Waals surface area contributed by atoms with Gasteiger partial charge in [0.05, 0.1) is 25.8 Å². The van der Waals surface area contributed by atoms with Crippen LogP contribution in [0.2, 0.25) is 0 Å². The van der Waals surface area contributed by atoms with E-state index in [9.17, 15) is 4.79 Å². The maximum atomic E-state index is 12.6. The lowest BCUT2D eigenvalue weighted by Gasteiger charge is -2.20. The third-order valence-electron chi connectivity index (χ3n) is 3.64. The van der Waals surface area contributed by atoms with E-state index >= 15 is 0 Å². The molecule has 0 unspecified atom stereocenters. The first kappa shape index (κ1) is 18.1. The molecule has 0 radical (unpaired) electrons. The van der Waals surface area contributed by atoms with Crippen LogP contribution >= 0.6 is 15.9 Å². The molecule has 0 bridgehead atoms. The second-order valence-electron chi connectivity index (χ2n) is 5.16. The van der Waals surface area contributed by atoms with Gasteiger partial charge in [-0.05, 0) is 40.2 Å². The number of hydrogen-bond acceptors (Lipinski definition) is 4. The van der Waals surface area contributed by atoms with Crippen molar-refractivity contribution < 1.29 is 19.0 Å². The lowest BCUT2D eigenvalue weighted by Crippen LogP contribution is -2.26. The molecule has 0 atom stereocenters. The average Bonchev–Trinajstić information content (AvgIpc) is 2.60. The number of benzene rings is 2. The first-order chi connectivity index (χ1) is 11.5. The largest absolute Gasteiger partial charge is 0.496 e. The summed E-state index contributed by atoms with van der Waals surface area (Å²) in [6.07, 6.45) is 0. The van der Waals surface area contributed by atoms with Gasteiger partial charge in [-0.3, -0.25) is 4.79 Å². The highest BCUT2D eigenvalue weighted by Gasteiger charge is 2.17. The summed E-state index contributed by atoms with van der Waals surface area (Å²) < 4.78 is 16.6. The standard InChI is InChI=1S/C18H20BrNO4/c1-20(11-13-6-5-7-16(23-3)17(13)24-4)18(21)12-8-9-15(22-2)14(19)10-12/h5-10H,11H2,1-4H3. The normalized spacial score (nSPS) is 10.2. The Morgan fingerprint density at radius 2 is 1.75 bits per heavy atom. The molecule has 0 aliphatic carbocycles. The number of para-hydroxylation sites is 1. The summed E-state index contributed by atoms with van der Waals surface area (Å²) in [5.74, 6) is 1.87. The monoisotopic (exact) mass is 393 g/mol. The highest BCUT2D eigenvalue weighted by Crippen LogP contribution is 2.32. The van der Waals surface area contributed by atoms with Crippen LogP contribution in [0.5, 0.6) is 17.2 Å². The third-order valence-corrected chi connectivity index (χ3v) is 4.26. The molecule has 0 N–H and O–H groups in total. The molecule has 2 aromatic carbocycles. The molecule has 5 nitrogen and oxygen atoms in total. The second kappa shape index (κ2) is 8.06. The van der Waals surface area contributed by atoms with Crippen molar-refractivity contribution in [2.45, 2.75) is 6.54 Å². The molecule has 0 heterocycles. The van der Waals surface area contributed by atoms with Crippen molar-refractivity contribution in [2.24, 2.45) is 0 Å². The summed E-state index contributed by atoms with van der Waals surface area (Å²) in [7, 11) is 6.51. The molecule has 128 valence electrons. The van der Waals surface area contributed by atoms with E-state index in [-0.39, 0.29) is 5.91 Å². The Hall–Kier alpha value is -2.21. The van der Waals surface area contributed by atoms with Crippen LogP contribution in [0, 0.1) is 0 Å². The van der Waals surface area contributed by atoms with Gasteiger partial charge in [0.25, 0.3) is 5.91 Å². The summed E-state index contributed by atoms with van der Waals surface area (Å²) in [5.41, 5.74) is 1.45. The Morgan fingerprint density at radius 1 is 1.04 bits per heavy atom. The molecule has 0 aromatic heterocycles. The lowest BCUT2D eigenvalue weighted by atomic mass is 10.1. The number of carbonyl (C=O) groups excluding carboxylic acids is 1. The Balaban J connectivity index is 2.22. The van der Waals surface area contributed by atoms with E-state index in [1.165, 1.54) is 0 Å². The van der Waals surface area contributed by atoms with Crippen LogP contribution in [0.3, 0.4) is 0 Å². The van der Waals surface area contributed by atoms with Gasteiger partial charge in [0.1, 0.15) is 5.75 Å². The molecule has 0 spiro atoms. The highest BCUT2D eigenvalue weighted by molar-refractivity contribution is 9.10. The zero-order valence-electron chi connectivity index (χ0n) is 14.1. The number of carbonyl (C=O) groups is 1. The first-order valence-electron chi connectivity index (χ1n) is 7.30. The summed E-state index contributed by atoms with van der Waals surface area (Å²) >= 11 is 3.40. The van der Waals surface area contributed by atoms with Crippen LogP contribution in [-0.4, -0.2) is 39.2 Å². The molecule has 24 heavy (non-hydrogen) atoms. The van der Waals surface area contributed by atoms with Crippen molar-refractivity contribution in [3.8, 4) is 17.2 Å². The van der Waals surface area contributed by atoms with Gasteiger partial charge in [-0.25, -0.2) is 0 Å². The van der Waals surface area contributed by atoms with Gasteiger partial charge in [-0.1, -0.05) is 12.1 Å². The van der Waals surface area contributed by atoms with E-state index in [2.05, 4.69) is 15.9 Å². The van der Waals surface area contributed by atoms with Crippen molar-refractivity contribution in [1.29, 1.82) is 0 Å². The molecule has 0 fully saturated rings. The van der Waals surface area contributed by atoms with Crippen molar-refractivity contribution in [3.05, 3.63) is 52.0 Å². The minimum absolute atomic E-state index is 0.0942. The average molecular weight is 394 g/mol. The van der Waals surface area contributed by atoms with Crippen molar-refractivity contribution in [2.75, 3.05) is 28.4 Å². The van der Waals surface area contributed by atoms with Crippen LogP contribution in [0.15, 0.2) is 40.9 Å². The quantitative estimate of drug-likeness (QED) is 0.749. The summed E-state index contributed by atoms with van der Waals surface area (Å²) in [5, 5.41) is 0. The molecule has 2 rings (SSSR count). The minimum atomic E-state index is -0.0942. The van der Waals surface area contributed by atoms with Gasteiger partial charge in [0.2, 0.25) is 0 Å². The number of ether oxygens (including phenoxy) is 3. The molecule has 0 saturated heterocycles. The number of rotatable bonds is 6. The van der Waals surface area contributed by atoms with Crippen molar-refractivity contribution >= 4 is 21.8 Å². The smallest absolute Gasteiger partial charge is 0.253 e. The number of amides is 1. The fourth-order valence-corrected chi connectivity index (χ4v) is 2.97. The van der Waals surface area contributed by atoms with Gasteiger partial charge in [-0.2, -0.15) is 0 Å². The van der Waals surface area contributed by atoms with Gasteiger partial charge in [0, 0.05) is 24.7 Å².